The minimum atomic E-state index is -0.875. The molecule has 0 fully saturated rings. The highest BCUT2D eigenvalue weighted by Crippen LogP contribution is 2.26. The van der Waals surface area contributed by atoms with Crippen LogP contribution in [0.5, 0.6) is 0 Å². The fraction of sp³-hybridized carbons (Fsp3) is 0.636. The van der Waals surface area contributed by atoms with Crippen molar-refractivity contribution >= 4 is 39.0 Å². The number of hydrogen-bond donors (Lipinski definition) is 2. The van der Waals surface area contributed by atoms with Gasteiger partial charge >= 0.3 is 0 Å². The largest absolute Gasteiger partial charge is 0.382 e. The van der Waals surface area contributed by atoms with Gasteiger partial charge in [-0.2, -0.15) is 0 Å². The molecule has 19 heavy (non-hydrogen) atoms. The van der Waals surface area contributed by atoms with Crippen molar-refractivity contribution in [3.05, 3.63) is 4.88 Å². The number of nitrogens with one attached hydrogen (secondary N) is 1. The third-order valence-corrected chi connectivity index (χ3v) is 5.07. The van der Waals surface area contributed by atoms with Crippen LogP contribution < -0.4 is 16.0 Å². The van der Waals surface area contributed by atoms with Crippen molar-refractivity contribution in [1.29, 1.82) is 0 Å². The lowest BCUT2D eigenvalue weighted by Crippen LogP contribution is -2.27. The van der Waals surface area contributed by atoms with Crippen LogP contribution in [-0.2, 0) is 10.8 Å². The highest BCUT2D eigenvalue weighted by Gasteiger charge is 2.17. The smallest absolute Gasteiger partial charge is 0.265 e. The Morgan fingerprint density at radius 3 is 2.79 bits per heavy atom. The summed E-state index contributed by atoms with van der Waals surface area (Å²) in [7, 11) is 1.02. The Morgan fingerprint density at radius 2 is 2.21 bits per heavy atom. The number of nitrogen functional groups attached to an aromatic ring is 1. The molecule has 1 unspecified atom stereocenters. The Kier molecular flexibility index (Phi) is 6.23. The topological polar surface area (TPSA) is 88.3 Å². The lowest BCUT2D eigenvalue weighted by atomic mass is 10.4. The van der Waals surface area contributed by atoms with E-state index in [0.29, 0.717) is 22.9 Å². The summed E-state index contributed by atoms with van der Waals surface area (Å²) in [5, 5.41) is 3.44. The van der Waals surface area contributed by atoms with E-state index >= 15 is 0 Å². The number of thiazole rings is 1. The molecule has 3 N–H and O–H groups in total. The van der Waals surface area contributed by atoms with E-state index in [1.165, 1.54) is 11.3 Å². The number of aromatic nitrogens is 1. The van der Waals surface area contributed by atoms with Gasteiger partial charge in [0.25, 0.3) is 5.91 Å². The Hall–Kier alpha value is -1.15. The number of carbonyl (C=O) groups excluding carboxylic acids is 1. The summed E-state index contributed by atoms with van der Waals surface area (Å²) in [6.07, 6.45) is 0. The Labute approximate surface area is 119 Å². The zero-order valence-electron chi connectivity index (χ0n) is 11.4. The van der Waals surface area contributed by atoms with Crippen molar-refractivity contribution in [3.63, 3.8) is 0 Å². The van der Waals surface area contributed by atoms with Gasteiger partial charge in [0.2, 0.25) is 0 Å². The highest BCUT2D eigenvalue weighted by atomic mass is 32.2. The van der Waals surface area contributed by atoms with Gasteiger partial charge in [0, 0.05) is 42.4 Å². The number of nitrogens with zero attached hydrogens (tertiary/aromatic N) is 2. The van der Waals surface area contributed by atoms with E-state index in [-0.39, 0.29) is 11.7 Å². The van der Waals surface area contributed by atoms with Crippen LogP contribution in [0.15, 0.2) is 0 Å². The van der Waals surface area contributed by atoms with E-state index in [1.807, 2.05) is 25.8 Å². The quantitative estimate of drug-likeness (QED) is 0.773. The summed E-state index contributed by atoms with van der Waals surface area (Å²) in [4.78, 5) is 18.4. The molecule has 8 heteroatoms. The van der Waals surface area contributed by atoms with Gasteiger partial charge in [-0.3, -0.25) is 9.00 Å². The molecule has 0 aliphatic carbocycles. The molecule has 0 aliphatic rings. The molecule has 0 saturated carbocycles. The molecule has 1 aromatic heterocycles. The molecule has 0 aromatic carbocycles. The van der Waals surface area contributed by atoms with Gasteiger partial charge in [-0.15, -0.1) is 0 Å². The predicted molar refractivity (Wildman–Crippen MR) is 81.4 cm³/mol. The lowest BCUT2D eigenvalue weighted by Gasteiger charge is -2.10. The molecule has 0 radical (unpaired) electrons. The van der Waals surface area contributed by atoms with Crippen molar-refractivity contribution in [2.24, 2.45) is 0 Å². The zero-order valence-corrected chi connectivity index (χ0v) is 13.1. The molecule has 0 bridgehead atoms. The average molecular weight is 304 g/mol. The number of carbonyl (C=O) groups is 1. The van der Waals surface area contributed by atoms with Gasteiger partial charge in [-0.05, 0) is 6.92 Å². The minimum absolute atomic E-state index is 0.245. The van der Waals surface area contributed by atoms with E-state index in [2.05, 4.69) is 10.3 Å². The first-order valence-electron chi connectivity index (χ1n) is 6.10. The minimum Gasteiger partial charge on any atom is -0.382 e. The van der Waals surface area contributed by atoms with Crippen LogP contribution in [-0.4, -0.2) is 46.7 Å². The number of rotatable bonds is 7. The van der Waals surface area contributed by atoms with Crippen LogP contribution in [0.25, 0.3) is 0 Å². The molecule has 108 valence electrons. The lowest BCUT2D eigenvalue weighted by molar-refractivity contribution is 0.0961. The summed E-state index contributed by atoms with van der Waals surface area (Å²) in [5.41, 5.74) is 5.74. The monoisotopic (exact) mass is 304 g/mol. The van der Waals surface area contributed by atoms with Crippen molar-refractivity contribution in [2.45, 2.75) is 13.8 Å². The molecule has 1 heterocycles. The first kappa shape index (κ1) is 15.9. The van der Waals surface area contributed by atoms with Crippen molar-refractivity contribution in [3.8, 4) is 0 Å². The van der Waals surface area contributed by atoms with E-state index in [9.17, 15) is 9.00 Å². The van der Waals surface area contributed by atoms with E-state index in [1.54, 1.807) is 0 Å². The van der Waals surface area contributed by atoms with Crippen molar-refractivity contribution < 1.29 is 9.00 Å². The maximum absolute atomic E-state index is 11.9. The highest BCUT2D eigenvalue weighted by molar-refractivity contribution is 7.84. The summed E-state index contributed by atoms with van der Waals surface area (Å²) >= 11 is 1.27. The molecule has 1 atom stereocenters. The van der Waals surface area contributed by atoms with Gasteiger partial charge in [0.15, 0.2) is 5.13 Å². The number of hydrogen-bond acceptors (Lipinski definition) is 6. The molecule has 0 saturated heterocycles. The summed E-state index contributed by atoms with van der Waals surface area (Å²) in [5.74, 6) is 1.06. The average Bonchev–Trinajstić information content (AvgIpc) is 2.79. The van der Waals surface area contributed by atoms with Gasteiger partial charge < -0.3 is 16.0 Å². The number of amides is 1. The molecule has 1 amide bonds. The zero-order chi connectivity index (χ0) is 14.4. The Balaban J connectivity index is 2.62. The number of nitrogens with two attached hydrogens (primary N) is 1. The molecule has 0 aliphatic heterocycles. The van der Waals surface area contributed by atoms with Gasteiger partial charge in [-0.1, -0.05) is 18.3 Å². The predicted octanol–water partition coefficient (Wildman–Crippen LogP) is 0.680. The second-order valence-corrected chi connectivity index (χ2v) is 6.76. The summed E-state index contributed by atoms with van der Waals surface area (Å²) < 4.78 is 11.2. The first-order valence-corrected chi connectivity index (χ1v) is 8.40. The first-order chi connectivity index (χ1) is 8.99. The van der Waals surface area contributed by atoms with Crippen molar-refractivity contribution in [1.82, 2.24) is 10.3 Å². The van der Waals surface area contributed by atoms with Gasteiger partial charge in [0.05, 0.1) is 0 Å². The molecular formula is C11H20N4O2S2. The molecule has 1 rings (SSSR count). The number of anilines is 2. The Morgan fingerprint density at radius 1 is 1.53 bits per heavy atom. The molecule has 6 nitrogen and oxygen atoms in total. The second kappa shape index (κ2) is 7.44. The van der Waals surface area contributed by atoms with Gasteiger partial charge in [-0.25, -0.2) is 4.98 Å². The van der Waals surface area contributed by atoms with E-state index in [0.717, 1.165) is 11.7 Å². The van der Waals surface area contributed by atoms with Crippen LogP contribution in [0.2, 0.25) is 0 Å². The van der Waals surface area contributed by atoms with Crippen LogP contribution in [0.1, 0.15) is 23.5 Å². The SMILES string of the molecule is CCN(C)c1nc(N)c(C(=O)NCCS(=O)CC)s1. The molecular weight excluding hydrogens is 284 g/mol. The summed E-state index contributed by atoms with van der Waals surface area (Å²) in [6, 6.07) is 0. The van der Waals surface area contributed by atoms with Crippen LogP contribution >= 0.6 is 11.3 Å². The standard InChI is InChI=1S/C11H20N4O2S2/c1-4-15(3)11-14-9(12)8(18-11)10(16)13-6-7-19(17)5-2/h4-7,12H2,1-3H3,(H,13,16). The van der Waals surface area contributed by atoms with Crippen LogP contribution in [0.4, 0.5) is 10.9 Å². The maximum atomic E-state index is 11.9. The van der Waals surface area contributed by atoms with Crippen molar-refractivity contribution in [2.75, 3.05) is 42.3 Å². The van der Waals surface area contributed by atoms with Gasteiger partial charge in [0.1, 0.15) is 10.7 Å². The Bertz CT molecular complexity index is 462. The second-order valence-electron chi connectivity index (χ2n) is 3.91. The normalized spacial score (nSPS) is 12.2. The third kappa shape index (κ3) is 4.46. The third-order valence-electron chi connectivity index (χ3n) is 2.59. The molecule has 0 spiro atoms. The van der Waals surface area contributed by atoms with Crippen LogP contribution in [0, 0.1) is 0 Å². The van der Waals surface area contributed by atoms with E-state index < -0.39 is 10.8 Å². The fourth-order valence-corrected chi connectivity index (χ4v) is 2.83. The van der Waals surface area contributed by atoms with E-state index in [4.69, 9.17) is 5.73 Å². The van der Waals surface area contributed by atoms with Crippen LogP contribution in [0.3, 0.4) is 0 Å². The maximum Gasteiger partial charge on any atom is 0.265 e. The fourth-order valence-electron chi connectivity index (χ4n) is 1.28. The molecule has 1 aromatic rings. The summed E-state index contributed by atoms with van der Waals surface area (Å²) in [6.45, 7) is 5.03.